The van der Waals surface area contributed by atoms with Crippen molar-refractivity contribution in [2.75, 3.05) is 0 Å². The van der Waals surface area contributed by atoms with Crippen molar-refractivity contribution in [3.05, 3.63) is 13.2 Å². The zero-order valence-corrected chi connectivity index (χ0v) is 5.54. The molecule has 6 heteroatoms. The molecule has 0 unspecified atom stereocenters. The van der Waals surface area contributed by atoms with Gasteiger partial charge in [0.15, 0.2) is 0 Å². The van der Waals surface area contributed by atoms with Crippen LogP contribution in [0.15, 0.2) is 13.2 Å². The number of nitrogens with two attached hydrogens (primary N) is 4. The van der Waals surface area contributed by atoms with E-state index in [2.05, 4.69) is 36.1 Å². The van der Waals surface area contributed by atoms with Crippen LogP contribution in [0.25, 0.3) is 0 Å². The topological polar surface area (TPSA) is 138 Å². The lowest BCUT2D eigenvalue weighted by molar-refractivity contribution is 0.255. The maximum absolute atomic E-state index is 9.00. The lowest BCUT2D eigenvalue weighted by Crippen LogP contribution is -2.18. The fourth-order valence-corrected chi connectivity index (χ4v) is 0. The maximum Gasteiger partial charge on any atom is 0.309 e. The van der Waals surface area contributed by atoms with E-state index in [9.17, 15) is 0 Å². The van der Waals surface area contributed by atoms with Crippen molar-refractivity contribution in [2.24, 2.45) is 22.9 Å². The molecule has 0 heterocycles. The van der Waals surface area contributed by atoms with Gasteiger partial charge >= 0.3 is 12.1 Å². The number of rotatable bonds is 0. The van der Waals surface area contributed by atoms with Crippen molar-refractivity contribution in [1.29, 1.82) is 0 Å². The maximum atomic E-state index is 9.00. The van der Waals surface area contributed by atoms with Crippen molar-refractivity contribution in [3.8, 4) is 0 Å². The molecule has 4 amide bonds. The Balaban J connectivity index is -0.0000000787. The summed E-state index contributed by atoms with van der Waals surface area (Å²) in [6.45, 7) is 6.00. The number of carbonyl (C=O) groups excluding carboxylic acids is 2. The summed E-state index contributed by atoms with van der Waals surface area (Å²) in [6, 6.07) is -1.67. The van der Waals surface area contributed by atoms with Crippen LogP contribution in [-0.4, -0.2) is 12.1 Å². The minimum Gasteiger partial charge on any atom is -0.352 e. The van der Waals surface area contributed by atoms with Crippen LogP contribution in [0.5, 0.6) is 0 Å². The minimum absolute atomic E-state index is 0.833. The molecule has 0 aliphatic heterocycles. The van der Waals surface area contributed by atoms with E-state index in [1.54, 1.807) is 0 Å². The Morgan fingerprint density at radius 1 is 0.800 bits per heavy atom. The first-order chi connectivity index (χ1) is 4.46. The Kier molecular flexibility index (Phi) is 24.7. The molecule has 0 aromatic rings. The molecule has 0 aliphatic carbocycles. The van der Waals surface area contributed by atoms with Crippen LogP contribution in [0.2, 0.25) is 0 Å². The van der Waals surface area contributed by atoms with E-state index in [0.29, 0.717) is 0 Å². The van der Waals surface area contributed by atoms with Gasteiger partial charge in [-0.1, -0.05) is 0 Å². The summed E-state index contributed by atoms with van der Waals surface area (Å²) in [4.78, 5) is 18.0. The van der Waals surface area contributed by atoms with Crippen LogP contribution in [0.3, 0.4) is 0 Å². The Labute approximate surface area is 58.8 Å². The standard InChI is InChI=1S/C2H4.2CH4N2O/c1-2;2*2-1(3)4/h1-2H2;2*(H4,2,3,4). The Morgan fingerprint density at radius 3 is 0.800 bits per heavy atom. The van der Waals surface area contributed by atoms with Gasteiger partial charge in [0.1, 0.15) is 0 Å². The molecule has 0 bridgehead atoms. The summed E-state index contributed by atoms with van der Waals surface area (Å²) in [7, 11) is 0. The molecular weight excluding hydrogens is 136 g/mol. The molecule has 0 atom stereocenters. The van der Waals surface area contributed by atoms with Crippen molar-refractivity contribution in [2.45, 2.75) is 0 Å². The molecule has 0 rings (SSSR count). The number of hydrogen-bond donors (Lipinski definition) is 4. The van der Waals surface area contributed by atoms with Crippen LogP contribution in [-0.2, 0) is 0 Å². The number of carbonyl (C=O) groups is 2. The monoisotopic (exact) mass is 148 g/mol. The molecule has 0 fully saturated rings. The lowest BCUT2D eigenvalue weighted by Gasteiger charge is -1.62. The molecule has 10 heavy (non-hydrogen) atoms. The summed E-state index contributed by atoms with van der Waals surface area (Å²) in [5.41, 5.74) is 17.0. The van der Waals surface area contributed by atoms with Crippen LogP contribution >= 0.6 is 0 Å². The second kappa shape index (κ2) is 15.7. The Bertz CT molecular complexity index is 83.4. The summed E-state index contributed by atoms with van der Waals surface area (Å²) < 4.78 is 0. The summed E-state index contributed by atoms with van der Waals surface area (Å²) >= 11 is 0. The van der Waals surface area contributed by atoms with Crippen LogP contribution in [0, 0.1) is 0 Å². The van der Waals surface area contributed by atoms with Crippen LogP contribution in [0.1, 0.15) is 0 Å². The van der Waals surface area contributed by atoms with Gasteiger partial charge in [-0.2, -0.15) is 0 Å². The highest BCUT2D eigenvalue weighted by molar-refractivity contribution is 5.69. The molecule has 0 saturated heterocycles. The average molecular weight is 148 g/mol. The summed E-state index contributed by atoms with van der Waals surface area (Å²) in [5.74, 6) is 0. The molecule has 0 radical (unpaired) electrons. The third-order valence-electron chi connectivity index (χ3n) is 0. The lowest BCUT2D eigenvalue weighted by atomic mass is 11.2. The van der Waals surface area contributed by atoms with E-state index in [-0.39, 0.29) is 0 Å². The number of amides is 4. The first-order valence-corrected chi connectivity index (χ1v) is 2.06. The molecule has 0 saturated carbocycles. The smallest absolute Gasteiger partial charge is 0.309 e. The highest BCUT2D eigenvalue weighted by atomic mass is 16.2. The molecular formula is C4H12N4O2. The predicted molar refractivity (Wildman–Crippen MR) is 38.8 cm³/mol. The van der Waals surface area contributed by atoms with E-state index >= 15 is 0 Å². The largest absolute Gasteiger partial charge is 0.352 e. The van der Waals surface area contributed by atoms with Gasteiger partial charge in [0.25, 0.3) is 0 Å². The SMILES string of the molecule is C=C.NC(N)=O.NC(N)=O. The van der Waals surface area contributed by atoms with Crippen molar-refractivity contribution in [3.63, 3.8) is 0 Å². The minimum atomic E-state index is -0.833. The number of hydrogen-bond acceptors (Lipinski definition) is 2. The Morgan fingerprint density at radius 2 is 0.800 bits per heavy atom. The predicted octanol–water partition coefficient (Wildman–Crippen LogP) is -1.15. The zero-order chi connectivity index (χ0) is 9.15. The van der Waals surface area contributed by atoms with Gasteiger partial charge in [0.05, 0.1) is 0 Å². The molecule has 0 spiro atoms. The van der Waals surface area contributed by atoms with E-state index in [1.165, 1.54) is 0 Å². The van der Waals surface area contributed by atoms with Crippen LogP contribution < -0.4 is 22.9 Å². The van der Waals surface area contributed by atoms with E-state index in [0.717, 1.165) is 0 Å². The molecule has 8 N–H and O–H groups in total. The second-order valence-electron chi connectivity index (χ2n) is 0.805. The summed E-state index contributed by atoms with van der Waals surface area (Å²) in [6.07, 6.45) is 0. The first-order valence-electron chi connectivity index (χ1n) is 2.06. The molecule has 0 aromatic carbocycles. The third kappa shape index (κ3) is 59.2. The van der Waals surface area contributed by atoms with Gasteiger partial charge in [-0.3, -0.25) is 0 Å². The van der Waals surface area contributed by atoms with Crippen LogP contribution in [0.4, 0.5) is 9.59 Å². The molecule has 60 valence electrons. The van der Waals surface area contributed by atoms with Gasteiger partial charge in [0, 0.05) is 0 Å². The van der Waals surface area contributed by atoms with Gasteiger partial charge in [0.2, 0.25) is 0 Å². The van der Waals surface area contributed by atoms with Gasteiger partial charge in [-0.15, -0.1) is 13.2 Å². The zero-order valence-electron chi connectivity index (χ0n) is 5.54. The average Bonchev–Trinajstić information content (AvgIpc) is 1.66. The van der Waals surface area contributed by atoms with Crippen molar-refractivity contribution < 1.29 is 9.59 Å². The van der Waals surface area contributed by atoms with Crippen molar-refractivity contribution >= 4 is 12.1 Å². The number of urea groups is 2. The quantitative estimate of drug-likeness (QED) is 0.322. The summed E-state index contributed by atoms with van der Waals surface area (Å²) in [5, 5.41) is 0. The third-order valence-corrected chi connectivity index (χ3v) is 0. The highest BCUT2D eigenvalue weighted by Gasteiger charge is 1.61. The first kappa shape index (κ1) is 15.7. The van der Waals surface area contributed by atoms with Gasteiger partial charge < -0.3 is 22.9 Å². The van der Waals surface area contributed by atoms with Crippen molar-refractivity contribution in [1.82, 2.24) is 0 Å². The highest BCUT2D eigenvalue weighted by Crippen LogP contribution is 1.26. The fraction of sp³-hybridized carbons (Fsp3) is 0. The van der Waals surface area contributed by atoms with Gasteiger partial charge in [-0.05, 0) is 0 Å². The molecule has 6 nitrogen and oxygen atoms in total. The second-order valence-corrected chi connectivity index (χ2v) is 0.805. The molecule has 0 aromatic heterocycles. The normalized spacial score (nSPS) is 5.20. The van der Waals surface area contributed by atoms with E-state index in [4.69, 9.17) is 9.59 Å². The van der Waals surface area contributed by atoms with E-state index in [1.807, 2.05) is 0 Å². The van der Waals surface area contributed by atoms with E-state index < -0.39 is 12.1 Å². The molecule has 0 aliphatic rings. The van der Waals surface area contributed by atoms with Gasteiger partial charge in [-0.25, -0.2) is 9.59 Å². The number of primary amides is 4. The Hall–Kier alpha value is -1.72. The fourth-order valence-electron chi connectivity index (χ4n) is 0.